The van der Waals surface area contributed by atoms with Crippen LogP contribution < -0.4 is 5.56 Å². The molecule has 1 rings (SSSR count). The van der Waals surface area contributed by atoms with E-state index in [1.54, 1.807) is 10.9 Å². The van der Waals surface area contributed by atoms with E-state index in [-0.39, 0.29) is 5.56 Å². The largest absolute Gasteiger partial charge is 0.292 e. The third kappa shape index (κ3) is 0.804. The molecule has 3 heteroatoms. The highest BCUT2D eigenvalue weighted by Crippen LogP contribution is 1.73. The minimum absolute atomic E-state index is 0.160. The van der Waals surface area contributed by atoms with Gasteiger partial charge in [0.1, 0.15) is 0 Å². The van der Waals surface area contributed by atoms with E-state index in [1.165, 1.54) is 0 Å². The Morgan fingerprint density at radius 3 is 3.00 bits per heavy atom. The van der Waals surface area contributed by atoms with Crippen LogP contribution in [-0.4, -0.2) is 9.78 Å². The molecule has 0 saturated heterocycles. The first-order valence-corrected chi connectivity index (χ1v) is 2.50. The molecule has 1 aromatic rings. The lowest BCUT2D eigenvalue weighted by Gasteiger charge is -1.89. The number of aromatic nitrogens is 2. The Hall–Kier alpha value is -0.990. The van der Waals surface area contributed by atoms with Gasteiger partial charge in [0.05, 0.1) is 6.07 Å². The molecular weight excluding hydrogens is 104 g/mol. The minimum Gasteiger partial charge on any atom is -0.292 e. The number of aromatic amines is 1. The fourth-order valence-corrected chi connectivity index (χ4v) is 0.502. The molecule has 0 atom stereocenters. The zero-order chi connectivity index (χ0) is 5.98. The molecule has 3 nitrogen and oxygen atoms in total. The van der Waals surface area contributed by atoms with Crippen molar-refractivity contribution in [1.29, 1.82) is 0 Å². The first kappa shape index (κ1) is 5.15. The number of hydrogen-bond donors (Lipinski definition) is 1. The Balaban J connectivity index is 3.01. The summed E-state index contributed by atoms with van der Waals surface area (Å²) >= 11 is 0. The van der Waals surface area contributed by atoms with Crippen LogP contribution in [0.1, 0.15) is 6.92 Å². The van der Waals surface area contributed by atoms with E-state index in [4.69, 9.17) is 0 Å². The standard InChI is InChI=1S/C5H7N2O/c1-2-7-4-3-5(8)6-7/h4H,2H2,1H3,(H,6,8). The van der Waals surface area contributed by atoms with E-state index in [0.717, 1.165) is 6.54 Å². The predicted octanol–water partition coefficient (Wildman–Crippen LogP) is -0.00351. The average Bonchev–Trinajstić information content (AvgIpc) is 2.14. The van der Waals surface area contributed by atoms with Gasteiger partial charge in [-0.3, -0.25) is 14.6 Å². The lowest BCUT2D eigenvalue weighted by Crippen LogP contribution is -2.03. The molecule has 0 spiro atoms. The van der Waals surface area contributed by atoms with Gasteiger partial charge in [-0.25, -0.2) is 0 Å². The van der Waals surface area contributed by atoms with Crippen LogP contribution in [0, 0.1) is 6.07 Å². The first-order chi connectivity index (χ1) is 3.83. The van der Waals surface area contributed by atoms with Crippen LogP contribution >= 0.6 is 0 Å². The Morgan fingerprint density at radius 2 is 2.75 bits per heavy atom. The van der Waals surface area contributed by atoms with Crippen molar-refractivity contribution in [3.8, 4) is 0 Å². The summed E-state index contributed by atoms with van der Waals surface area (Å²) < 4.78 is 1.67. The van der Waals surface area contributed by atoms with Crippen molar-refractivity contribution >= 4 is 0 Å². The number of nitrogens with one attached hydrogen (secondary N) is 1. The second-order valence-corrected chi connectivity index (χ2v) is 1.50. The summed E-state index contributed by atoms with van der Waals surface area (Å²) in [5.74, 6) is 0. The Labute approximate surface area is 46.9 Å². The quantitative estimate of drug-likeness (QED) is 0.544. The molecule has 0 aliphatic carbocycles. The van der Waals surface area contributed by atoms with Crippen LogP contribution in [0.3, 0.4) is 0 Å². The smallest absolute Gasteiger partial charge is 0.272 e. The first-order valence-electron chi connectivity index (χ1n) is 2.50. The summed E-state index contributed by atoms with van der Waals surface area (Å²) in [5, 5.41) is 2.53. The highest BCUT2D eigenvalue weighted by atomic mass is 16.1. The molecule has 8 heavy (non-hydrogen) atoms. The van der Waals surface area contributed by atoms with Crippen LogP contribution in [0.15, 0.2) is 11.0 Å². The predicted molar refractivity (Wildman–Crippen MR) is 29.6 cm³/mol. The van der Waals surface area contributed by atoms with Crippen LogP contribution in [0.5, 0.6) is 0 Å². The van der Waals surface area contributed by atoms with Gasteiger partial charge in [0.2, 0.25) is 0 Å². The van der Waals surface area contributed by atoms with Crippen molar-refractivity contribution in [2.24, 2.45) is 0 Å². The van der Waals surface area contributed by atoms with Crippen molar-refractivity contribution in [1.82, 2.24) is 9.78 Å². The van der Waals surface area contributed by atoms with Gasteiger partial charge in [-0.05, 0) is 6.92 Å². The molecule has 1 heterocycles. The summed E-state index contributed by atoms with van der Waals surface area (Å²) in [6, 6.07) is 2.47. The van der Waals surface area contributed by atoms with Gasteiger partial charge in [-0.15, -0.1) is 0 Å². The van der Waals surface area contributed by atoms with E-state index in [9.17, 15) is 4.79 Å². The van der Waals surface area contributed by atoms with E-state index in [1.807, 2.05) is 6.92 Å². The van der Waals surface area contributed by atoms with E-state index in [0.29, 0.717) is 0 Å². The van der Waals surface area contributed by atoms with Crippen LogP contribution in [0.4, 0.5) is 0 Å². The second-order valence-electron chi connectivity index (χ2n) is 1.50. The molecule has 0 bridgehead atoms. The Kier molecular flexibility index (Phi) is 1.20. The molecule has 0 unspecified atom stereocenters. The van der Waals surface area contributed by atoms with Gasteiger partial charge in [-0.2, -0.15) is 0 Å². The van der Waals surface area contributed by atoms with Crippen molar-refractivity contribution in [3.05, 3.63) is 22.6 Å². The van der Waals surface area contributed by atoms with E-state index < -0.39 is 0 Å². The topological polar surface area (TPSA) is 37.8 Å². The molecule has 1 radical (unpaired) electrons. The van der Waals surface area contributed by atoms with E-state index in [2.05, 4.69) is 11.2 Å². The monoisotopic (exact) mass is 111 g/mol. The molecule has 0 amide bonds. The number of aryl methyl sites for hydroxylation is 1. The molecular formula is C5H7N2O. The summed E-state index contributed by atoms with van der Waals surface area (Å²) in [4.78, 5) is 10.3. The number of hydrogen-bond acceptors (Lipinski definition) is 1. The summed E-state index contributed by atoms with van der Waals surface area (Å²) in [7, 11) is 0. The molecule has 1 N–H and O–H groups in total. The third-order valence-corrected chi connectivity index (χ3v) is 0.937. The zero-order valence-electron chi connectivity index (χ0n) is 4.64. The van der Waals surface area contributed by atoms with Gasteiger partial charge in [0.25, 0.3) is 5.56 Å². The lowest BCUT2D eigenvalue weighted by molar-refractivity contribution is 0.653. The number of nitrogens with zero attached hydrogens (tertiary/aromatic N) is 1. The van der Waals surface area contributed by atoms with Crippen LogP contribution in [-0.2, 0) is 6.54 Å². The van der Waals surface area contributed by atoms with Gasteiger partial charge in [-0.1, -0.05) is 0 Å². The van der Waals surface area contributed by atoms with Gasteiger partial charge < -0.3 is 0 Å². The molecule has 0 aliphatic heterocycles. The van der Waals surface area contributed by atoms with Crippen molar-refractivity contribution in [2.75, 3.05) is 0 Å². The summed E-state index contributed by atoms with van der Waals surface area (Å²) in [6.07, 6.45) is 1.60. The average molecular weight is 111 g/mol. The fourth-order valence-electron chi connectivity index (χ4n) is 0.502. The molecule has 0 aliphatic rings. The van der Waals surface area contributed by atoms with E-state index >= 15 is 0 Å². The Morgan fingerprint density at radius 1 is 2.00 bits per heavy atom. The maximum absolute atomic E-state index is 10.3. The van der Waals surface area contributed by atoms with Gasteiger partial charge in [0.15, 0.2) is 0 Å². The highest BCUT2D eigenvalue weighted by Gasteiger charge is 1.84. The lowest BCUT2D eigenvalue weighted by atomic mass is 10.7. The molecule has 43 valence electrons. The molecule has 0 fully saturated rings. The van der Waals surface area contributed by atoms with Crippen molar-refractivity contribution in [3.63, 3.8) is 0 Å². The zero-order valence-corrected chi connectivity index (χ0v) is 4.64. The van der Waals surface area contributed by atoms with Crippen molar-refractivity contribution in [2.45, 2.75) is 13.5 Å². The summed E-state index contributed by atoms with van der Waals surface area (Å²) in [5.41, 5.74) is -0.160. The molecule has 0 saturated carbocycles. The number of rotatable bonds is 1. The van der Waals surface area contributed by atoms with Crippen LogP contribution in [0.25, 0.3) is 0 Å². The normalized spacial score (nSPS) is 9.62. The Bertz CT molecular complexity index is 210. The second kappa shape index (κ2) is 1.86. The van der Waals surface area contributed by atoms with Crippen LogP contribution in [0.2, 0.25) is 0 Å². The maximum atomic E-state index is 10.3. The SMILES string of the molecule is CCn1c[c]c(=O)[nH]1. The maximum Gasteiger partial charge on any atom is 0.272 e. The molecule has 1 aromatic heterocycles. The van der Waals surface area contributed by atoms with Gasteiger partial charge >= 0.3 is 0 Å². The summed E-state index contributed by atoms with van der Waals surface area (Å²) in [6.45, 7) is 2.74. The number of H-pyrrole nitrogens is 1. The minimum atomic E-state index is -0.160. The fraction of sp³-hybridized carbons (Fsp3) is 0.400. The van der Waals surface area contributed by atoms with Crippen molar-refractivity contribution < 1.29 is 0 Å². The third-order valence-electron chi connectivity index (χ3n) is 0.937. The van der Waals surface area contributed by atoms with Gasteiger partial charge in [0, 0.05) is 12.7 Å². The molecule has 0 aromatic carbocycles. The highest BCUT2D eigenvalue weighted by molar-refractivity contribution is 4.75.